The predicted molar refractivity (Wildman–Crippen MR) is 121 cm³/mol. The van der Waals surface area contributed by atoms with Crippen molar-refractivity contribution in [3.8, 4) is 6.01 Å². The standard InChI is InChI=1S/C23H34N4O3/c1-15(2)13-27(14-16(3)4)20-8-7-18(17(5)11-22(28)29)12-19(20)25-21-9-10-24-23(26-21)30-6/h7-10,12,15-17H,11,13-14H2,1-6H3,(H,28,29)(H,24,25,26). The van der Waals surface area contributed by atoms with Gasteiger partial charge in [-0.3, -0.25) is 4.79 Å². The van der Waals surface area contributed by atoms with Crippen molar-refractivity contribution < 1.29 is 14.6 Å². The molecule has 1 aromatic carbocycles. The Morgan fingerprint density at radius 2 is 1.80 bits per heavy atom. The Labute approximate surface area is 179 Å². The number of methoxy groups -OCH3 is 1. The van der Waals surface area contributed by atoms with E-state index in [2.05, 4.69) is 53.9 Å². The Morgan fingerprint density at radius 3 is 2.37 bits per heavy atom. The number of anilines is 3. The van der Waals surface area contributed by atoms with Gasteiger partial charge in [-0.2, -0.15) is 4.98 Å². The summed E-state index contributed by atoms with van der Waals surface area (Å²) in [5.74, 6) is 0.728. The highest BCUT2D eigenvalue weighted by molar-refractivity contribution is 5.76. The molecule has 0 fully saturated rings. The molecule has 2 rings (SSSR count). The molecule has 164 valence electrons. The zero-order chi connectivity index (χ0) is 22.3. The van der Waals surface area contributed by atoms with Crippen LogP contribution in [0, 0.1) is 11.8 Å². The fourth-order valence-corrected chi connectivity index (χ4v) is 3.42. The summed E-state index contributed by atoms with van der Waals surface area (Å²) in [5.41, 5.74) is 2.94. The molecule has 0 saturated heterocycles. The normalized spacial score (nSPS) is 12.1. The Bertz CT molecular complexity index is 829. The van der Waals surface area contributed by atoms with Crippen molar-refractivity contribution in [3.05, 3.63) is 36.0 Å². The van der Waals surface area contributed by atoms with Gasteiger partial charge in [-0.05, 0) is 41.5 Å². The first-order valence-electron chi connectivity index (χ1n) is 10.4. The molecule has 1 unspecified atom stereocenters. The summed E-state index contributed by atoms with van der Waals surface area (Å²) in [6.45, 7) is 12.6. The van der Waals surface area contributed by atoms with Gasteiger partial charge in [0.05, 0.1) is 24.9 Å². The molecule has 0 spiro atoms. The lowest BCUT2D eigenvalue weighted by atomic mass is 9.96. The van der Waals surface area contributed by atoms with Gasteiger partial charge in [-0.1, -0.05) is 40.7 Å². The third-order valence-corrected chi connectivity index (χ3v) is 4.66. The van der Waals surface area contributed by atoms with E-state index in [4.69, 9.17) is 4.74 Å². The zero-order valence-corrected chi connectivity index (χ0v) is 18.8. The molecule has 30 heavy (non-hydrogen) atoms. The molecule has 0 aliphatic heterocycles. The van der Waals surface area contributed by atoms with Crippen LogP contribution in [0.5, 0.6) is 6.01 Å². The maximum atomic E-state index is 11.2. The number of hydrogen-bond acceptors (Lipinski definition) is 6. The van der Waals surface area contributed by atoms with Crippen LogP contribution in [0.15, 0.2) is 30.5 Å². The fraction of sp³-hybridized carbons (Fsp3) is 0.522. The largest absolute Gasteiger partial charge is 0.481 e. The first-order valence-corrected chi connectivity index (χ1v) is 10.4. The lowest BCUT2D eigenvalue weighted by Gasteiger charge is -2.31. The van der Waals surface area contributed by atoms with Crippen LogP contribution in [0.1, 0.15) is 52.5 Å². The molecule has 2 N–H and O–H groups in total. The third-order valence-electron chi connectivity index (χ3n) is 4.66. The average Bonchev–Trinajstić information content (AvgIpc) is 2.66. The minimum Gasteiger partial charge on any atom is -0.481 e. The molecule has 0 amide bonds. The van der Waals surface area contributed by atoms with Crippen LogP contribution in [0.2, 0.25) is 0 Å². The van der Waals surface area contributed by atoms with Crippen LogP contribution in [0.3, 0.4) is 0 Å². The number of benzene rings is 1. The lowest BCUT2D eigenvalue weighted by Crippen LogP contribution is -2.31. The van der Waals surface area contributed by atoms with Crippen molar-refractivity contribution in [3.63, 3.8) is 0 Å². The number of carboxylic acid groups (broad SMARTS) is 1. The average molecular weight is 415 g/mol. The van der Waals surface area contributed by atoms with Crippen molar-refractivity contribution in [1.29, 1.82) is 0 Å². The van der Waals surface area contributed by atoms with Crippen LogP contribution < -0.4 is 15.0 Å². The Hall–Kier alpha value is -2.83. The maximum absolute atomic E-state index is 11.2. The SMILES string of the molecule is COc1nccc(Nc2cc(C(C)CC(=O)O)ccc2N(CC(C)C)CC(C)C)n1. The molecule has 0 bridgehead atoms. The van der Waals surface area contributed by atoms with Crippen molar-refractivity contribution in [2.75, 3.05) is 30.4 Å². The molecule has 7 nitrogen and oxygen atoms in total. The third kappa shape index (κ3) is 6.90. The Balaban J connectivity index is 2.48. The topological polar surface area (TPSA) is 87.6 Å². The number of aromatic nitrogens is 2. The summed E-state index contributed by atoms with van der Waals surface area (Å²) in [6, 6.07) is 8.22. The molecule has 0 radical (unpaired) electrons. The van der Waals surface area contributed by atoms with Crippen molar-refractivity contribution in [2.45, 2.75) is 47.0 Å². The van der Waals surface area contributed by atoms with Crippen molar-refractivity contribution in [2.24, 2.45) is 11.8 Å². The second-order valence-electron chi connectivity index (χ2n) is 8.52. The van der Waals surface area contributed by atoms with E-state index >= 15 is 0 Å². The minimum atomic E-state index is -0.803. The van der Waals surface area contributed by atoms with Crippen LogP contribution in [-0.2, 0) is 4.79 Å². The van der Waals surface area contributed by atoms with E-state index in [-0.39, 0.29) is 18.3 Å². The monoisotopic (exact) mass is 414 g/mol. The van der Waals surface area contributed by atoms with Crippen molar-refractivity contribution >= 4 is 23.2 Å². The summed E-state index contributed by atoms with van der Waals surface area (Å²) in [5, 5.41) is 12.6. The molecular formula is C23H34N4O3. The summed E-state index contributed by atoms with van der Waals surface area (Å²) >= 11 is 0. The summed E-state index contributed by atoms with van der Waals surface area (Å²) < 4.78 is 5.14. The van der Waals surface area contributed by atoms with E-state index in [9.17, 15) is 9.90 Å². The van der Waals surface area contributed by atoms with E-state index in [0.29, 0.717) is 17.7 Å². The first kappa shape index (κ1) is 23.4. The predicted octanol–water partition coefficient (Wildman–Crippen LogP) is 4.93. The zero-order valence-electron chi connectivity index (χ0n) is 18.8. The summed E-state index contributed by atoms with van der Waals surface area (Å²) in [6.07, 6.45) is 1.73. The van der Waals surface area contributed by atoms with E-state index in [1.54, 1.807) is 12.3 Å². The second kappa shape index (κ2) is 10.8. The fourth-order valence-electron chi connectivity index (χ4n) is 3.42. The number of nitrogens with zero attached hydrogens (tertiary/aromatic N) is 3. The van der Waals surface area contributed by atoms with Crippen LogP contribution in [-0.4, -0.2) is 41.2 Å². The first-order chi connectivity index (χ1) is 14.2. The Kier molecular flexibility index (Phi) is 8.45. The highest BCUT2D eigenvalue weighted by Gasteiger charge is 2.18. The smallest absolute Gasteiger partial charge is 0.318 e. The second-order valence-corrected chi connectivity index (χ2v) is 8.52. The van der Waals surface area contributed by atoms with E-state index in [0.717, 1.165) is 30.0 Å². The Morgan fingerprint density at radius 1 is 1.13 bits per heavy atom. The van der Waals surface area contributed by atoms with Gasteiger partial charge in [0.2, 0.25) is 0 Å². The van der Waals surface area contributed by atoms with Gasteiger partial charge in [-0.15, -0.1) is 0 Å². The molecule has 1 aromatic heterocycles. The van der Waals surface area contributed by atoms with Gasteiger partial charge in [0.1, 0.15) is 5.82 Å². The van der Waals surface area contributed by atoms with Gasteiger partial charge in [0, 0.05) is 19.3 Å². The molecule has 0 aliphatic carbocycles. The number of carboxylic acids is 1. The number of aliphatic carboxylic acids is 1. The highest BCUT2D eigenvalue weighted by Crippen LogP contribution is 2.34. The molecular weight excluding hydrogens is 380 g/mol. The molecule has 0 saturated carbocycles. The van der Waals surface area contributed by atoms with E-state index < -0.39 is 5.97 Å². The van der Waals surface area contributed by atoms with Gasteiger partial charge in [0.15, 0.2) is 0 Å². The molecule has 7 heteroatoms. The van der Waals surface area contributed by atoms with Gasteiger partial charge < -0.3 is 20.1 Å². The number of carbonyl (C=O) groups is 1. The summed E-state index contributed by atoms with van der Waals surface area (Å²) in [7, 11) is 1.53. The van der Waals surface area contributed by atoms with Crippen LogP contribution >= 0.6 is 0 Å². The highest BCUT2D eigenvalue weighted by atomic mass is 16.5. The van der Waals surface area contributed by atoms with Gasteiger partial charge in [0.25, 0.3) is 0 Å². The quantitative estimate of drug-likeness (QED) is 0.539. The lowest BCUT2D eigenvalue weighted by molar-refractivity contribution is -0.137. The van der Waals surface area contributed by atoms with Crippen LogP contribution in [0.4, 0.5) is 17.2 Å². The van der Waals surface area contributed by atoms with E-state index in [1.807, 2.05) is 19.1 Å². The van der Waals surface area contributed by atoms with Crippen molar-refractivity contribution in [1.82, 2.24) is 9.97 Å². The molecule has 1 heterocycles. The maximum Gasteiger partial charge on any atom is 0.318 e. The number of ether oxygens (including phenoxy) is 1. The number of rotatable bonds is 11. The van der Waals surface area contributed by atoms with Gasteiger partial charge >= 0.3 is 12.0 Å². The van der Waals surface area contributed by atoms with E-state index in [1.165, 1.54) is 7.11 Å². The molecule has 2 aromatic rings. The summed E-state index contributed by atoms with van der Waals surface area (Å²) in [4.78, 5) is 22.0. The van der Waals surface area contributed by atoms with Gasteiger partial charge in [-0.25, -0.2) is 4.98 Å². The number of hydrogen-bond donors (Lipinski definition) is 2. The minimum absolute atomic E-state index is 0.0851. The van der Waals surface area contributed by atoms with Crippen LogP contribution in [0.25, 0.3) is 0 Å². The number of nitrogens with one attached hydrogen (secondary N) is 1. The molecule has 0 aliphatic rings. The molecule has 1 atom stereocenters.